The van der Waals surface area contributed by atoms with Gasteiger partial charge in [-0.2, -0.15) is 10.4 Å². The molecule has 0 saturated carbocycles. The lowest BCUT2D eigenvalue weighted by Gasteiger charge is -2.35. The number of aromatic nitrogens is 3. The highest BCUT2D eigenvalue weighted by atomic mass is 16.5. The van der Waals surface area contributed by atoms with Crippen molar-refractivity contribution < 1.29 is 19.1 Å². The molecule has 3 aromatic rings. The number of esters is 2. The van der Waals surface area contributed by atoms with E-state index in [1.807, 2.05) is 12.1 Å². The molecule has 1 aromatic heterocycles. The molecule has 0 bridgehead atoms. The van der Waals surface area contributed by atoms with E-state index in [1.54, 1.807) is 53.5 Å². The number of hydrogen-bond donors (Lipinski definition) is 1. The maximum atomic E-state index is 13.1. The van der Waals surface area contributed by atoms with Crippen LogP contribution in [0.15, 0.2) is 89.9 Å². The zero-order chi connectivity index (χ0) is 24.9. The summed E-state index contributed by atoms with van der Waals surface area (Å²) in [6.45, 7) is 0.484. The lowest BCUT2D eigenvalue weighted by molar-refractivity contribution is -0.139. The third-order valence-corrected chi connectivity index (χ3v) is 5.62. The zero-order valence-corrected chi connectivity index (χ0v) is 19.1. The lowest BCUT2D eigenvalue weighted by atomic mass is 9.81. The van der Waals surface area contributed by atoms with Gasteiger partial charge in [-0.05, 0) is 23.3 Å². The molecule has 0 amide bonds. The van der Waals surface area contributed by atoms with Crippen LogP contribution < -0.4 is 10.6 Å². The van der Waals surface area contributed by atoms with Crippen molar-refractivity contribution in [1.29, 1.82) is 5.26 Å². The topological polar surface area (TPSA) is 136 Å². The average Bonchev–Trinajstić information content (AvgIpc) is 3.41. The minimum absolute atomic E-state index is 0.0124. The molecule has 0 radical (unpaired) electrons. The maximum absolute atomic E-state index is 13.1. The first-order valence-electron chi connectivity index (χ1n) is 10.6. The summed E-state index contributed by atoms with van der Waals surface area (Å²) in [6, 6.07) is 18.1. The number of benzene rings is 2. The van der Waals surface area contributed by atoms with Gasteiger partial charge in [0.15, 0.2) is 0 Å². The molecule has 2 N–H and O–H groups in total. The van der Waals surface area contributed by atoms with Crippen LogP contribution in [0.25, 0.3) is 0 Å². The molecule has 1 aliphatic rings. The Hall–Kier alpha value is -4.91. The van der Waals surface area contributed by atoms with Gasteiger partial charge < -0.3 is 15.2 Å². The summed E-state index contributed by atoms with van der Waals surface area (Å²) in [5, 5.41) is 14.2. The number of carbonyl (C=O) groups is 2. The van der Waals surface area contributed by atoms with E-state index in [4.69, 9.17) is 15.2 Å². The number of methoxy groups -OCH3 is 2. The molecule has 35 heavy (non-hydrogen) atoms. The molecular formula is C25H22N6O4. The summed E-state index contributed by atoms with van der Waals surface area (Å²) in [7, 11) is 2.42. The summed E-state index contributed by atoms with van der Waals surface area (Å²) in [4.78, 5) is 31.4. The van der Waals surface area contributed by atoms with E-state index in [0.717, 1.165) is 5.56 Å². The molecule has 0 aliphatic carbocycles. The highest BCUT2D eigenvalue weighted by Gasteiger charge is 2.42. The van der Waals surface area contributed by atoms with Crippen molar-refractivity contribution in [3.8, 4) is 6.07 Å². The number of nitrogens with two attached hydrogens (primary N) is 1. The van der Waals surface area contributed by atoms with Crippen molar-refractivity contribution in [2.24, 2.45) is 5.73 Å². The van der Waals surface area contributed by atoms with Crippen molar-refractivity contribution in [3.05, 3.63) is 101 Å². The molecule has 10 nitrogen and oxygen atoms in total. The van der Waals surface area contributed by atoms with E-state index in [1.165, 1.54) is 25.4 Å². The Morgan fingerprint density at radius 2 is 1.74 bits per heavy atom. The first kappa shape index (κ1) is 23.3. The van der Waals surface area contributed by atoms with Crippen molar-refractivity contribution in [1.82, 2.24) is 14.8 Å². The summed E-state index contributed by atoms with van der Waals surface area (Å²) in [5.41, 5.74) is 8.43. The van der Waals surface area contributed by atoms with E-state index in [-0.39, 0.29) is 22.7 Å². The molecule has 2 heterocycles. The van der Waals surface area contributed by atoms with Crippen LogP contribution in [0.5, 0.6) is 0 Å². The second-order valence-corrected chi connectivity index (χ2v) is 7.59. The number of nitriles is 1. The van der Waals surface area contributed by atoms with Gasteiger partial charge in [0.05, 0.1) is 43.9 Å². The SMILES string of the molecule is COC(=O)C1=C(C(=O)OC)N(c2ccc(Cn3cncn3)cc2)C(N)=C(C#N)C1c1ccccc1. The first-order chi connectivity index (χ1) is 17.0. The Morgan fingerprint density at radius 3 is 2.31 bits per heavy atom. The zero-order valence-electron chi connectivity index (χ0n) is 19.1. The molecule has 2 aromatic carbocycles. The van der Waals surface area contributed by atoms with E-state index < -0.39 is 17.9 Å². The fourth-order valence-electron chi connectivity index (χ4n) is 4.03. The minimum Gasteiger partial charge on any atom is -0.466 e. The number of ether oxygens (including phenoxy) is 2. The summed E-state index contributed by atoms with van der Waals surface area (Å²) in [6.07, 6.45) is 3.05. The molecule has 1 atom stereocenters. The van der Waals surface area contributed by atoms with E-state index >= 15 is 0 Å². The van der Waals surface area contributed by atoms with Gasteiger partial charge in [-0.25, -0.2) is 19.3 Å². The van der Waals surface area contributed by atoms with E-state index in [0.29, 0.717) is 17.8 Å². The normalized spacial score (nSPS) is 15.6. The quantitative estimate of drug-likeness (QED) is 0.538. The van der Waals surface area contributed by atoms with Crippen molar-refractivity contribution in [2.45, 2.75) is 12.5 Å². The standard InChI is InChI=1S/C25H22N6O4/c1-34-24(32)21-20(17-6-4-3-5-7-17)19(12-26)23(27)31(22(21)25(33)35-2)18-10-8-16(9-11-18)13-30-15-28-14-29-30/h3-11,14-15,20H,13,27H2,1-2H3. The van der Waals surface area contributed by atoms with Crippen LogP contribution in [0.4, 0.5) is 5.69 Å². The Bertz CT molecular complexity index is 1340. The molecule has 4 rings (SSSR count). The van der Waals surface area contributed by atoms with Gasteiger partial charge in [0.1, 0.15) is 24.2 Å². The van der Waals surface area contributed by atoms with E-state index in [2.05, 4.69) is 16.2 Å². The largest absolute Gasteiger partial charge is 0.466 e. The number of anilines is 1. The fourth-order valence-corrected chi connectivity index (χ4v) is 4.03. The molecule has 176 valence electrons. The van der Waals surface area contributed by atoms with E-state index in [9.17, 15) is 14.9 Å². The second kappa shape index (κ2) is 9.93. The second-order valence-electron chi connectivity index (χ2n) is 7.59. The number of nitrogens with zero attached hydrogens (tertiary/aromatic N) is 5. The number of carbonyl (C=O) groups excluding carboxylic acids is 2. The third kappa shape index (κ3) is 4.35. The van der Waals surface area contributed by atoms with Gasteiger partial charge in [-0.1, -0.05) is 42.5 Å². The van der Waals surface area contributed by atoms with Crippen LogP contribution in [0.1, 0.15) is 17.0 Å². The number of hydrogen-bond acceptors (Lipinski definition) is 9. The van der Waals surface area contributed by atoms with Crippen LogP contribution in [-0.4, -0.2) is 40.9 Å². The van der Waals surface area contributed by atoms with Gasteiger partial charge in [0.25, 0.3) is 0 Å². The van der Waals surface area contributed by atoms with Gasteiger partial charge in [-0.15, -0.1) is 0 Å². The van der Waals surface area contributed by atoms with Crippen LogP contribution in [0, 0.1) is 11.3 Å². The molecule has 10 heteroatoms. The predicted molar refractivity (Wildman–Crippen MR) is 125 cm³/mol. The Kier molecular flexibility index (Phi) is 6.59. The fraction of sp³-hybridized carbons (Fsp3) is 0.160. The van der Waals surface area contributed by atoms with Gasteiger partial charge in [0, 0.05) is 5.69 Å². The molecular weight excluding hydrogens is 448 g/mol. The highest BCUT2D eigenvalue weighted by molar-refractivity contribution is 6.06. The summed E-state index contributed by atoms with van der Waals surface area (Å²) < 4.78 is 11.7. The van der Waals surface area contributed by atoms with Crippen molar-refractivity contribution in [3.63, 3.8) is 0 Å². The molecule has 0 fully saturated rings. The van der Waals surface area contributed by atoms with Crippen LogP contribution >= 0.6 is 0 Å². The van der Waals surface area contributed by atoms with Crippen molar-refractivity contribution in [2.75, 3.05) is 19.1 Å². The maximum Gasteiger partial charge on any atom is 0.355 e. The van der Waals surface area contributed by atoms with Crippen molar-refractivity contribution >= 4 is 17.6 Å². The van der Waals surface area contributed by atoms with Crippen LogP contribution in [0.3, 0.4) is 0 Å². The monoisotopic (exact) mass is 470 g/mol. The number of allylic oxidation sites excluding steroid dienone is 1. The average molecular weight is 470 g/mol. The van der Waals surface area contributed by atoms with Gasteiger partial charge in [0.2, 0.25) is 0 Å². The Labute approximate surface area is 201 Å². The highest BCUT2D eigenvalue weighted by Crippen LogP contribution is 2.43. The summed E-state index contributed by atoms with van der Waals surface area (Å²) >= 11 is 0. The lowest BCUT2D eigenvalue weighted by Crippen LogP contribution is -2.40. The molecule has 0 saturated heterocycles. The smallest absolute Gasteiger partial charge is 0.355 e. The van der Waals surface area contributed by atoms with Crippen LogP contribution in [-0.2, 0) is 25.6 Å². The molecule has 1 unspecified atom stereocenters. The molecule has 1 aliphatic heterocycles. The third-order valence-electron chi connectivity index (χ3n) is 5.62. The molecule has 0 spiro atoms. The number of rotatable bonds is 6. The van der Waals surface area contributed by atoms with Crippen LogP contribution in [0.2, 0.25) is 0 Å². The Morgan fingerprint density at radius 1 is 1.06 bits per heavy atom. The minimum atomic E-state index is -0.911. The van der Waals surface area contributed by atoms with Gasteiger partial charge in [-0.3, -0.25) is 4.90 Å². The van der Waals surface area contributed by atoms with Gasteiger partial charge >= 0.3 is 11.9 Å². The summed E-state index contributed by atoms with van der Waals surface area (Å²) in [5.74, 6) is -2.46. The first-order valence-corrected chi connectivity index (χ1v) is 10.6. The predicted octanol–water partition coefficient (Wildman–Crippen LogP) is 2.22. The Balaban J connectivity index is 1.90.